The summed E-state index contributed by atoms with van der Waals surface area (Å²) in [4.78, 5) is 8.88. The first-order valence-electron chi connectivity index (χ1n) is 8.79. The van der Waals surface area contributed by atoms with Crippen LogP contribution in [-0.4, -0.2) is 30.6 Å². The number of hydrogen-bond acceptors (Lipinski definition) is 4. The second-order valence-electron chi connectivity index (χ2n) is 5.70. The molecule has 0 aliphatic rings. The van der Waals surface area contributed by atoms with Crippen molar-refractivity contribution in [2.45, 2.75) is 40.7 Å². The number of oxazole rings is 1. The molecule has 136 valence electrons. The van der Waals surface area contributed by atoms with Crippen molar-refractivity contribution in [1.82, 2.24) is 15.6 Å². The molecule has 6 heteroatoms. The van der Waals surface area contributed by atoms with E-state index in [0.717, 1.165) is 42.7 Å². The summed E-state index contributed by atoms with van der Waals surface area (Å²) < 4.78 is 11.1. The lowest BCUT2D eigenvalue weighted by molar-refractivity contribution is 0.340. The molecule has 2 aromatic rings. The minimum absolute atomic E-state index is 0.420. The van der Waals surface area contributed by atoms with E-state index in [1.165, 1.54) is 5.56 Å². The van der Waals surface area contributed by atoms with Crippen LogP contribution < -0.4 is 15.4 Å². The fourth-order valence-corrected chi connectivity index (χ4v) is 2.38. The first-order chi connectivity index (χ1) is 12.1. The Hall–Kier alpha value is -2.50. The van der Waals surface area contributed by atoms with Gasteiger partial charge in [-0.1, -0.05) is 12.1 Å². The molecule has 0 spiro atoms. The Morgan fingerprint density at radius 1 is 1.24 bits per heavy atom. The van der Waals surface area contributed by atoms with Crippen molar-refractivity contribution < 1.29 is 9.15 Å². The first-order valence-corrected chi connectivity index (χ1v) is 8.79. The van der Waals surface area contributed by atoms with E-state index >= 15 is 0 Å². The van der Waals surface area contributed by atoms with E-state index in [-0.39, 0.29) is 0 Å². The topological polar surface area (TPSA) is 71.7 Å². The fraction of sp³-hybridized carbons (Fsp3) is 0.474. The number of ether oxygens (including phenoxy) is 1. The Bertz CT molecular complexity index is 675. The van der Waals surface area contributed by atoms with E-state index in [0.29, 0.717) is 19.0 Å². The van der Waals surface area contributed by atoms with Gasteiger partial charge in [-0.25, -0.2) is 9.98 Å². The van der Waals surface area contributed by atoms with Gasteiger partial charge in [-0.15, -0.1) is 0 Å². The van der Waals surface area contributed by atoms with Gasteiger partial charge in [0.25, 0.3) is 0 Å². The van der Waals surface area contributed by atoms with Crippen LogP contribution in [0.25, 0.3) is 0 Å². The standard InChI is InChI=1S/C19H28N4O2/c1-5-20-19(22-13-18-23-14(3)15(4)25-18)21-11-10-16-8-7-9-17(12-16)24-6-2/h7-9,12H,5-6,10-11,13H2,1-4H3,(H2,20,21,22). The molecule has 1 aromatic carbocycles. The minimum atomic E-state index is 0.420. The van der Waals surface area contributed by atoms with Crippen LogP contribution in [-0.2, 0) is 13.0 Å². The second kappa shape index (κ2) is 9.71. The van der Waals surface area contributed by atoms with Gasteiger partial charge in [0.05, 0.1) is 12.3 Å². The summed E-state index contributed by atoms with van der Waals surface area (Å²) in [6.45, 7) is 10.6. The zero-order valence-corrected chi connectivity index (χ0v) is 15.6. The molecular formula is C19H28N4O2. The van der Waals surface area contributed by atoms with E-state index in [4.69, 9.17) is 9.15 Å². The second-order valence-corrected chi connectivity index (χ2v) is 5.70. The van der Waals surface area contributed by atoms with Gasteiger partial charge in [0.15, 0.2) is 5.96 Å². The molecule has 6 nitrogen and oxygen atoms in total. The number of aryl methyl sites for hydroxylation is 2. The lowest BCUT2D eigenvalue weighted by Crippen LogP contribution is -2.38. The number of benzene rings is 1. The highest BCUT2D eigenvalue weighted by Crippen LogP contribution is 2.13. The third kappa shape index (κ3) is 6.14. The van der Waals surface area contributed by atoms with Crippen molar-refractivity contribution in [3.05, 3.63) is 47.2 Å². The maximum absolute atomic E-state index is 5.57. The van der Waals surface area contributed by atoms with Gasteiger partial charge >= 0.3 is 0 Å². The van der Waals surface area contributed by atoms with Crippen LogP contribution in [0, 0.1) is 13.8 Å². The van der Waals surface area contributed by atoms with Gasteiger partial charge in [-0.05, 0) is 51.8 Å². The van der Waals surface area contributed by atoms with Gasteiger partial charge in [-0.3, -0.25) is 0 Å². The maximum Gasteiger partial charge on any atom is 0.216 e. The maximum atomic E-state index is 5.57. The zero-order chi connectivity index (χ0) is 18.1. The number of aliphatic imine (C=N–C) groups is 1. The van der Waals surface area contributed by atoms with Crippen LogP contribution in [0.1, 0.15) is 36.8 Å². The normalized spacial score (nSPS) is 11.4. The van der Waals surface area contributed by atoms with E-state index in [1.54, 1.807) is 0 Å². The molecule has 0 amide bonds. The van der Waals surface area contributed by atoms with Crippen LogP contribution in [0.3, 0.4) is 0 Å². The first kappa shape index (κ1) is 18.8. The summed E-state index contributed by atoms with van der Waals surface area (Å²) in [5.41, 5.74) is 2.14. The minimum Gasteiger partial charge on any atom is -0.494 e. The molecule has 0 saturated carbocycles. The van der Waals surface area contributed by atoms with Crippen LogP contribution in [0.4, 0.5) is 0 Å². The lowest BCUT2D eigenvalue weighted by Gasteiger charge is -2.11. The van der Waals surface area contributed by atoms with Crippen LogP contribution in [0.15, 0.2) is 33.7 Å². The Labute approximate surface area is 149 Å². The highest BCUT2D eigenvalue weighted by molar-refractivity contribution is 5.79. The molecule has 2 rings (SSSR count). The van der Waals surface area contributed by atoms with Crippen molar-refractivity contribution in [1.29, 1.82) is 0 Å². The molecule has 1 heterocycles. The highest BCUT2D eigenvalue weighted by Gasteiger charge is 2.05. The van der Waals surface area contributed by atoms with E-state index in [9.17, 15) is 0 Å². The molecule has 0 radical (unpaired) electrons. The third-order valence-electron chi connectivity index (χ3n) is 3.71. The average Bonchev–Trinajstić information content (AvgIpc) is 2.91. The number of hydrogen-bond donors (Lipinski definition) is 2. The van der Waals surface area contributed by atoms with E-state index in [2.05, 4.69) is 32.7 Å². The molecule has 0 fully saturated rings. The summed E-state index contributed by atoms with van der Waals surface area (Å²) in [5, 5.41) is 6.58. The van der Waals surface area contributed by atoms with Gasteiger partial charge in [0.1, 0.15) is 18.1 Å². The summed E-state index contributed by atoms with van der Waals surface area (Å²) >= 11 is 0. The SMILES string of the molecule is CCNC(=NCc1nc(C)c(C)o1)NCCc1cccc(OCC)c1. The van der Waals surface area contributed by atoms with E-state index < -0.39 is 0 Å². The Morgan fingerprint density at radius 3 is 2.76 bits per heavy atom. The molecule has 25 heavy (non-hydrogen) atoms. The number of guanidine groups is 1. The molecule has 0 atom stereocenters. The van der Waals surface area contributed by atoms with Crippen LogP contribution in [0.2, 0.25) is 0 Å². The van der Waals surface area contributed by atoms with Crippen molar-refractivity contribution >= 4 is 5.96 Å². The molecule has 0 unspecified atom stereocenters. The molecule has 0 aliphatic carbocycles. The molecule has 1 aromatic heterocycles. The third-order valence-corrected chi connectivity index (χ3v) is 3.71. The molecule has 0 aliphatic heterocycles. The molecule has 0 saturated heterocycles. The number of rotatable bonds is 8. The average molecular weight is 344 g/mol. The fourth-order valence-electron chi connectivity index (χ4n) is 2.38. The van der Waals surface area contributed by atoms with Crippen molar-refractivity contribution in [3.63, 3.8) is 0 Å². The van der Waals surface area contributed by atoms with Gasteiger partial charge in [0.2, 0.25) is 5.89 Å². The Kier molecular flexibility index (Phi) is 7.32. The van der Waals surface area contributed by atoms with Gasteiger partial charge < -0.3 is 19.8 Å². The Balaban J connectivity index is 1.88. The van der Waals surface area contributed by atoms with Gasteiger partial charge in [0, 0.05) is 13.1 Å². The quantitative estimate of drug-likeness (QED) is 0.569. The van der Waals surface area contributed by atoms with E-state index in [1.807, 2.05) is 39.8 Å². The highest BCUT2D eigenvalue weighted by atomic mass is 16.5. The predicted molar refractivity (Wildman–Crippen MR) is 100 cm³/mol. The molecule has 2 N–H and O–H groups in total. The summed E-state index contributed by atoms with van der Waals surface area (Å²) in [6, 6.07) is 8.18. The van der Waals surface area contributed by atoms with Crippen LogP contribution >= 0.6 is 0 Å². The summed E-state index contributed by atoms with van der Waals surface area (Å²) in [6.07, 6.45) is 0.891. The predicted octanol–water partition coefficient (Wildman–Crippen LogP) is 2.99. The largest absolute Gasteiger partial charge is 0.494 e. The number of aromatic nitrogens is 1. The molecular weight excluding hydrogens is 316 g/mol. The number of nitrogens with one attached hydrogen (secondary N) is 2. The summed E-state index contributed by atoms with van der Waals surface area (Å²) in [7, 11) is 0. The lowest BCUT2D eigenvalue weighted by atomic mass is 10.1. The zero-order valence-electron chi connectivity index (χ0n) is 15.6. The summed E-state index contributed by atoms with van der Waals surface area (Å²) in [5.74, 6) is 3.15. The van der Waals surface area contributed by atoms with Gasteiger partial charge in [-0.2, -0.15) is 0 Å². The number of nitrogens with zero attached hydrogens (tertiary/aromatic N) is 2. The van der Waals surface area contributed by atoms with Crippen molar-refractivity contribution in [3.8, 4) is 5.75 Å². The van der Waals surface area contributed by atoms with Crippen molar-refractivity contribution in [2.24, 2.45) is 4.99 Å². The smallest absolute Gasteiger partial charge is 0.216 e. The van der Waals surface area contributed by atoms with Crippen molar-refractivity contribution in [2.75, 3.05) is 19.7 Å². The molecule has 0 bridgehead atoms. The monoisotopic (exact) mass is 344 g/mol. The Morgan fingerprint density at radius 2 is 2.08 bits per heavy atom. The van der Waals surface area contributed by atoms with Crippen LogP contribution in [0.5, 0.6) is 5.75 Å².